The van der Waals surface area contributed by atoms with Gasteiger partial charge in [0.15, 0.2) is 5.43 Å². The molecule has 0 saturated carbocycles. The predicted molar refractivity (Wildman–Crippen MR) is 138 cm³/mol. The Morgan fingerprint density at radius 2 is 1.85 bits per heavy atom. The van der Waals surface area contributed by atoms with Crippen molar-refractivity contribution in [3.63, 3.8) is 0 Å². The van der Waals surface area contributed by atoms with Crippen LogP contribution in [0.5, 0.6) is 0 Å². The summed E-state index contributed by atoms with van der Waals surface area (Å²) in [7, 11) is 0. The fourth-order valence-corrected chi connectivity index (χ4v) is 3.89. The highest BCUT2D eigenvalue weighted by Gasteiger charge is 2.22. The highest BCUT2D eigenvalue weighted by molar-refractivity contribution is 6.31. The van der Waals surface area contributed by atoms with E-state index >= 15 is 0 Å². The molecule has 34 heavy (non-hydrogen) atoms. The van der Waals surface area contributed by atoms with Crippen LogP contribution in [0, 0.1) is 5.92 Å². The molecule has 0 aliphatic carbocycles. The Kier molecular flexibility index (Phi) is 8.26. The average molecular weight is 485 g/mol. The molecule has 0 bridgehead atoms. The van der Waals surface area contributed by atoms with Crippen LogP contribution in [0.15, 0.2) is 57.7 Å². The summed E-state index contributed by atoms with van der Waals surface area (Å²) in [5, 5.41) is 3.79. The average Bonchev–Trinajstić information content (AvgIpc) is 2.74. The number of amides is 1. The van der Waals surface area contributed by atoms with Crippen LogP contribution in [0.4, 0.5) is 10.7 Å². The molecule has 0 aliphatic heterocycles. The first-order valence-corrected chi connectivity index (χ1v) is 11.9. The minimum atomic E-state index is -0.574. The van der Waals surface area contributed by atoms with Crippen molar-refractivity contribution in [3.8, 4) is 0 Å². The molecule has 3 aromatic rings. The summed E-state index contributed by atoms with van der Waals surface area (Å²) < 4.78 is 11.7. The summed E-state index contributed by atoms with van der Waals surface area (Å²) in [5.74, 6) is 0.801. The third-order valence-electron chi connectivity index (χ3n) is 5.07. The van der Waals surface area contributed by atoms with Gasteiger partial charge < -0.3 is 19.4 Å². The molecule has 1 aromatic heterocycles. The number of nitrogens with zero attached hydrogens (tertiary/aromatic N) is 1. The number of hydrogen-bond acceptors (Lipinski definition) is 5. The van der Waals surface area contributed by atoms with Gasteiger partial charge in [0.1, 0.15) is 11.2 Å². The molecule has 0 unspecified atom stereocenters. The van der Waals surface area contributed by atoms with Crippen LogP contribution in [0.25, 0.3) is 11.0 Å². The topological polar surface area (TPSA) is 71.8 Å². The molecule has 0 saturated heterocycles. The number of carbonyl (C=O) groups excluding carboxylic acids is 1. The number of rotatable bonds is 8. The maximum absolute atomic E-state index is 13.6. The third kappa shape index (κ3) is 7.00. The second-order valence-corrected chi connectivity index (χ2v) is 10.2. The second kappa shape index (κ2) is 11.0. The number of alkyl carbamates (subject to hydrolysis) is 1. The highest BCUT2D eigenvalue weighted by Crippen LogP contribution is 2.28. The zero-order valence-corrected chi connectivity index (χ0v) is 21.2. The number of fused-ring (bicyclic) bond motifs is 1. The standard InChI is InChI=1S/C27H33ClN2O4/c1-18(2)17-30(14-13-29-26(32)34-27(3,4)5)25-22(15-19-9-7-6-8-10-19)24(31)21-12-11-20(28)16-23(21)33-25/h6-12,16,18H,13-15,17H2,1-5H3,(H,29,32). The van der Waals surface area contributed by atoms with E-state index in [0.29, 0.717) is 59.4 Å². The molecule has 0 atom stereocenters. The normalized spacial score (nSPS) is 11.6. The van der Waals surface area contributed by atoms with E-state index in [4.69, 9.17) is 20.8 Å². The predicted octanol–water partition coefficient (Wildman–Crippen LogP) is 6.02. The first-order chi connectivity index (χ1) is 16.0. The largest absolute Gasteiger partial charge is 0.444 e. The molecular weight excluding hydrogens is 452 g/mol. The molecule has 182 valence electrons. The summed E-state index contributed by atoms with van der Waals surface area (Å²) in [6.07, 6.45) is -0.0428. The second-order valence-electron chi connectivity index (χ2n) is 9.79. The zero-order valence-electron chi connectivity index (χ0n) is 20.5. The van der Waals surface area contributed by atoms with E-state index in [2.05, 4.69) is 19.2 Å². The number of carbonyl (C=O) groups is 1. The Labute approximate surface area is 205 Å². The fraction of sp³-hybridized carbons (Fsp3) is 0.407. The molecule has 7 heteroatoms. The minimum absolute atomic E-state index is 0.0781. The Bertz CT molecular complexity index is 1180. The van der Waals surface area contributed by atoms with Crippen LogP contribution in [-0.4, -0.2) is 31.3 Å². The van der Waals surface area contributed by atoms with Gasteiger partial charge in [-0.25, -0.2) is 4.79 Å². The zero-order chi connectivity index (χ0) is 24.9. The monoisotopic (exact) mass is 484 g/mol. The lowest BCUT2D eigenvalue weighted by Crippen LogP contribution is -2.40. The van der Waals surface area contributed by atoms with E-state index in [1.807, 2.05) is 56.0 Å². The molecule has 2 aromatic carbocycles. The summed E-state index contributed by atoms with van der Waals surface area (Å²) >= 11 is 6.19. The SMILES string of the molecule is CC(C)CN(CCNC(=O)OC(C)(C)C)c1oc2cc(Cl)ccc2c(=O)c1Cc1ccccc1. The van der Waals surface area contributed by atoms with Crippen molar-refractivity contribution in [1.82, 2.24) is 5.32 Å². The van der Waals surface area contributed by atoms with Crippen LogP contribution in [0.1, 0.15) is 45.7 Å². The summed E-state index contributed by atoms with van der Waals surface area (Å²) in [4.78, 5) is 27.7. The van der Waals surface area contributed by atoms with Crippen LogP contribution < -0.4 is 15.6 Å². The van der Waals surface area contributed by atoms with Crippen LogP contribution >= 0.6 is 11.6 Å². The molecule has 0 radical (unpaired) electrons. The van der Waals surface area contributed by atoms with Crippen molar-refractivity contribution >= 4 is 34.5 Å². The van der Waals surface area contributed by atoms with Gasteiger partial charge in [0.05, 0.1) is 10.9 Å². The Balaban J connectivity index is 1.99. The van der Waals surface area contributed by atoms with Gasteiger partial charge >= 0.3 is 6.09 Å². The lowest BCUT2D eigenvalue weighted by atomic mass is 10.0. The van der Waals surface area contributed by atoms with E-state index in [1.54, 1.807) is 18.2 Å². The van der Waals surface area contributed by atoms with Crippen LogP contribution in [0.2, 0.25) is 5.02 Å². The molecule has 6 nitrogen and oxygen atoms in total. The molecule has 1 amide bonds. The van der Waals surface area contributed by atoms with Gasteiger partial charge in [-0.05, 0) is 44.4 Å². The van der Waals surface area contributed by atoms with E-state index in [0.717, 1.165) is 5.56 Å². The van der Waals surface area contributed by atoms with Crippen molar-refractivity contribution in [3.05, 3.63) is 74.9 Å². The van der Waals surface area contributed by atoms with Gasteiger partial charge in [-0.3, -0.25) is 4.79 Å². The maximum atomic E-state index is 13.6. The van der Waals surface area contributed by atoms with Gasteiger partial charge in [0, 0.05) is 37.1 Å². The van der Waals surface area contributed by atoms with Gasteiger partial charge in [0.2, 0.25) is 5.88 Å². The van der Waals surface area contributed by atoms with Gasteiger partial charge in [-0.2, -0.15) is 0 Å². The number of benzene rings is 2. The lowest BCUT2D eigenvalue weighted by Gasteiger charge is -2.28. The third-order valence-corrected chi connectivity index (χ3v) is 5.31. The first kappa shape index (κ1) is 25.6. The van der Waals surface area contributed by atoms with Crippen LogP contribution in [0.3, 0.4) is 0 Å². The van der Waals surface area contributed by atoms with Crippen molar-refractivity contribution in [2.75, 3.05) is 24.5 Å². The van der Waals surface area contributed by atoms with Crippen molar-refractivity contribution in [2.24, 2.45) is 5.92 Å². The number of ether oxygens (including phenoxy) is 1. The quantitative estimate of drug-likeness (QED) is 0.423. The molecular formula is C27H33ClN2O4. The van der Waals surface area contributed by atoms with E-state index < -0.39 is 11.7 Å². The van der Waals surface area contributed by atoms with Gasteiger partial charge in [-0.1, -0.05) is 55.8 Å². The molecule has 0 spiro atoms. The van der Waals surface area contributed by atoms with Crippen LogP contribution in [-0.2, 0) is 11.2 Å². The molecule has 1 N–H and O–H groups in total. The Morgan fingerprint density at radius 3 is 2.50 bits per heavy atom. The number of nitrogens with one attached hydrogen (secondary N) is 1. The minimum Gasteiger partial charge on any atom is -0.444 e. The summed E-state index contributed by atoms with van der Waals surface area (Å²) in [6.45, 7) is 11.1. The smallest absolute Gasteiger partial charge is 0.407 e. The van der Waals surface area contributed by atoms with Gasteiger partial charge in [-0.15, -0.1) is 0 Å². The molecule has 0 fully saturated rings. The molecule has 1 heterocycles. The number of hydrogen-bond donors (Lipinski definition) is 1. The maximum Gasteiger partial charge on any atom is 0.407 e. The first-order valence-electron chi connectivity index (χ1n) is 11.5. The van der Waals surface area contributed by atoms with Crippen molar-refractivity contribution < 1.29 is 13.9 Å². The summed E-state index contributed by atoms with van der Waals surface area (Å²) in [5.41, 5.74) is 1.39. The van der Waals surface area contributed by atoms with Crippen molar-refractivity contribution in [2.45, 2.75) is 46.6 Å². The summed E-state index contributed by atoms with van der Waals surface area (Å²) in [6, 6.07) is 14.9. The van der Waals surface area contributed by atoms with Crippen molar-refractivity contribution in [1.29, 1.82) is 0 Å². The number of anilines is 1. The highest BCUT2D eigenvalue weighted by atomic mass is 35.5. The fourth-order valence-electron chi connectivity index (χ4n) is 3.73. The van der Waals surface area contributed by atoms with Gasteiger partial charge in [0.25, 0.3) is 0 Å². The Morgan fingerprint density at radius 1 is 1.15 bits per heavy atom. The Hall–Kier alpha value is -2.99. The van der Waals surface area contributed by atoms with E-state index in [-0.39, 0.29) is 5.43 Å². The van der Waals surface area contributed by atoms with E-state index in [9.17, 15) is 9.59 Å². The van der Waals surface area contributed by atoms with E-state index in [1.165, 1.54) is 0 Å². The lowest BCUT2D eigenvalue weighted by molar-refractivity contribution is 0.0529. The molecule has 0 aliphatic rings. The molecule has 3 rings (SSSR count). The number of halogens is 1.